The summed E-state index contributed by atoms with van der Waals surface area (Å²) < 4.78 is 27.1. The molecule has 146 valence electrons. The number of fused-ring (bicyclic) bond motifs is 1. The van der Waals surface area contributed by atoms with Crippen molar-refractivity contribution in [2.75, 3.05) is 0 Å². The number of benzene rings is 3. The monoisotopic (exact) mass is 396 g/mol. The molecule has 0 aliphatic rings. The third-order valence-corrected chi connectivity index (χ3v) is 4.74. The van der Waals surface area contributed by atoms with Crippen LogP contribution in [0.15, 0.2) is 79.6 Å². The fraction of sp³-hybridized carbons (Fsp3) is 0.0769. The molecule has 0 amide bonds. The summed E-state index contributed by atoms with van der Waals surface area (Å²) in [7, 11) is 0. The topological polar surface area (TPSA) is 25.8 Å². The van der Waals surface area contributed by atoms with Gasteiger partial charge in [-0.15, -0.1) is 6.58 Å². The van der Waals surface area contributed by atoms with Gasteiger partial charge in [-0.05, 0) is 66.3 Å². The van der Waals surface area contributed by atoms with Gasteiger partial charge in [0.05, 0.1) is 0 Å². The molecule has 4 heteroatoms. The first-order valence-corrected chi connectivity index (χ1v) is 9.56. The van der Waals surface area contributed by atoms with Gasteiger partial charge in [0.1, 0.15) is 0 Å². The number of hydrogen-bond acceptors (Lipinski definition) is 2. The molecule has 2 nitrogen and oxygen atoms in total. The molecule has 0 atom stereocenters. The molecule has 0 radical (unpaired) electrons. The van der Waals surface area contributed by atoms with Crippen molar-refractivity contribution in [2.45, 2.75) is 12.8 Å². The van der Waals surface area contributed by atoms with Crippen molar-refractivity contribution in [1.29, 1.82) is 0 Å². The van der Waals surface area contributed by atoms with E-state index in [1.165, 1.54) is 0 Å². The number of hydrogen-bond donors (Lipinski definition) is 0. The lowest BCUT2D eigenvalue weighted by Gasteiger charge is -2.02. The van der Waals surface area contributed by atoms with Crippen LogP contribution < -0.4 is 0 Å². The fourth-order valence-corrected chi connectivity index (χ4v) is 3.09. The molecule has 0 bridgehead atoms. The van der Waals surface area contributed by atoms with Crippen LogP contribution >= 0.6 is 0 Å². The smallest absolute Gasteiger partial charge is 0.166 e. The molecule has 0 saturated carbocycles. The van der Waals surface area contributed by atoms with Gasteiger partial charge in [0.2, 0.25) is 0 Å². The van der Waals surface area contributed by atoms with Crippen molar-refractivity contribution in [3.05, 3.63) is 108 Å². The SMILES string of the molecule is C=CCCc1cnc(-c2ccc(C#Cc3ccc4c(F)c(F)ccc4c3)cc2)nc1. The van der Waals surface area contributed by atoms with Crippen molar-refractivity contribution in [1.82, 2.24) is 9.97 Å². The van der Waals surface area contributed by atoms with E-state index in [2.05, 4.69) is 28.4 Å². The standard InChI is InChI=1S/C26H18F2N2/c1-2-3-4-20-16-29-26(30-17-20)21-10-7-18(8-11-21)5-6-19-9-13-23-22(15-19)12-14-24(27)25(23)28/h2,7-17H,1,3-4H2. The summed E-state index contributed by atoms with van der Waals surface area (Å²) in [5.74, 6) is 5.14. The zero-order chi connectivity index (χ0) is 20.9. The molecule has 3 aromatic carbocycles. The third-order valence-electron chi connectivity index (χ3n) is 4.74. The van der Waals surface area contributed by atoms with Crippen LogP contribution in [-0.4, -0.2) is 9.97 Å². The van der Waals surface area contributed by atoms with Crippen molar-refractivity contribution >= 4 is 10.8 Å². The first-order valence-electron chi connectivity index (χ1n) is 9.56. The van der Waals surface area contributed by atoms with Crippen molar-refractivity contribution in [2.24, 2.45) is 0 Å². The number of halogens is 2. The highest BCUT2D eigenvalue weighted by atomic mass is 19.2. The lowest BCUT2D eigenvalue weighted by Crippen LogP contribution is -1.92. The molecule has 4 rings (SSSR count). The summed E-state index contributed by atoms with van der Waals surface area (Å²) in [6, 6.07) is 15.4. The van der Waals surface area contributed by atoms with Crippen LogP contribution in [0, 0.1) is 23.5 Å². The molecular weight excluding hydrogens is 378 g/mol. The van der Waals surface area contributed by atoms with Crippen LogP contribution in [0.2, 0.25) is 0 Å². The number of aryl methyl sites for hydroxylation is 1. The Kier molecular flexibility index (Phi) is 5.63. The van der Waals surface area contributed by atoms with Crippen molar-refractivity contribution < 1.29 is 8.78 Å². The Labute approximate surface area is 173 Å². The maximum atomic E-state index is 13.8. The van der Waals surface area contributed by atoms with Crippen LogP contribution in [0.1, 0.15) is 23.1 Å². The van der Waals surface area contributed by atoms with Crippen LogP contribution in [0.5, 0.6) is 0 Å². The average molecular weight is 396 g/mol. The molecule has 0 spiro atoms. The van der Waals surface area contributed by atoms with Crippen molar-refractivity contribution in [3.63, 3.8) is 0 Å². The lowest BCUT2D eigenvalue weighted by atomic mass is 10.1. The first-order chi connectivity index (χ1) is 14.6. The lowest BCUT2D eigenvalue weighted by molar-refractivity contribution is 0.517. The number of aromatic nitrogens is 2. The molecule has 0 aliphatic carbocycles. The second-order valence-corrected chi connectivity index (χ2v) is 6.87. The normalized spacial score (nSPS) is 10.5. The summed E-state index contributed by atoms with van der Waals surface area (Å²) in [5, 5.41) is 0.866. The minimum Gasteiger partial charge on any atom is -0.236 e. The predicted molar refractivity (Wildman–Crippen MR) is 116 cm³/mol. The van der Waals surface area contributed by atoms with E-state index < -0.39 is 11.6 Å². The fourth-order valence-electron chi connectivity index (χ4n) is 3.09. The zero-order valence-electron chi connectivity index (χ0n) is 16.2. The van der Waals surface area contributed by atoms with E-state index in [1.54, 1.807) is 24.3 Å². The molecule has 0 N–H and O–H groups in total. The van der Waals surface area contributed by atoms with E-state index in [1.807, 2.05) is 42.7 Å². The Morgan fingerprint density at radius 2 is 1.57 bits per heavy atom. The van der Waals surface area contributed by atoms with Crippen LogP contribution in [-0.2, 0) is 6.42 Å². The van der Waals surface area contributed by atoms with Crippen LogP contribution in [0.25, 0.3) is 22.2 Å². The Bertz CT molecular complexity index is 1260. The molecule has 0 aliphatic heterocycles. The van der Waals surface area contributed by atoms with Crippen LogP contribution in [0.3, 0.4) is 0 Å². The van der Waals surface area contributed by atoms with Gasteiger partial charge in [0, 0.05) is 34.5 Å². The molecule has 1 aromatic heterocycles. The Morgan fingerprint density at radius 1 is 0.867 bits per heavy atom. The number of nitrogens with zero attached hydrogens (tertiary/aromatic N) is 2. The second-order valence-electron chi connectivity index (χ2n) is 6.87. The van der Waals surface area contributed by atoms with Crippen molar-refractivity contribution in [3.8, 4) is 23.2 Å². The summed E-state index contributed by atoms with van der Waals surface area (Å²) in [6.45, 7) is 3.72. The highest BCUT2D eigenvalue weighted by Gasteiger charge is 2.06. The average Bonchev–Trinajstić information content (AvgIpc) is 2.79. The molecule has 0 unspecified atom stereocenters. The maximum absolute atomic E-state index is 13.8. The quantitative estimate of drug-likeness (QED) is 0.308. The van der Waals surface area contributed by atoms with Crippen LogP contribution in [0.4, 0.5) is 8.78 Å². The van der Waals surface area contributed by atoms with E-state index in [9.17, 15) is 8.78 Å². The largest absolute Gasteiger partial charge is 0.236 e. The Balaban J connectivity index is 1.52. The van der Waals surface area contributed by atoms with E-state index in [-0.39, 0.29) is 5.39 Å². The molecular formula is C26H18F2N2. The zero-order valence-corrected chi connectivity index (χ0v) is 16.2. The van der Waals surface area contributed by atoms with Gasteiger partial charge in [-0.1, -0.05) is 30.0 Å². The minimum atomic E-state index is -0.850. The van der Waals surface area contributed by atoms with E-state index >= 15 is 0 Å². The molecule has 0 saturated heterocycles. The summed E-state index contributed by atoms with van der Waals surface area (Å²) in [4.78, 5) is 8.86. The minimum absolute atomic E-state index is 0.250. The third kappa shape index (κ3) is 4.26. The van der Waals surface area contributed by atoms with E-state index in [0.29, 0.717) is 11.2 Å². The summed E-state index contributed by atoms with van der Waals surface area (Å²) >= 11 is 0. The van der Waals surface area contributed by atoms with Gasteiger partial charge >= 0.3 is 0 Å². The molecule has 4 aromatic rings. The summed E-state index contributed by atoms with van der Waals surface area (Å²) in [5.41, 5.74) is 3.57. The van der Waals surface area contributed by atoms with Gasteiger partial charge in [0.25, 0.3) is 0 Å². The maximum Gasteiger partial charge on any atom is 0.166 e. The Morgan fingerprint density at radius 3 is 2.30 bits per heavy atom. The van der Waals surface area contributed by atoms with Gasteiger partial charge in [0.15, 0.2) is 17.5 Å². The first kappa shape index (κ1) is 19.5. The number of allylic oxidation sites excluding steroid dienone is 1. The number of rotatable bonds is 4. The highest BCUT2D eigenvalue weighted by molar-refractivity contribution is 5.84. The summed E-state index contributed by atoms with van der Waals surface area (Å²) in [6.07, 6.45) is 7.35. The van der Waals surface area contributed by atoms with Gasteiger partial charge in [-0.25, -0.2) is 18.7 Å². The molecule has 0 fully saturated rings. The highest BCUT2D eigenvalue weighted by Crippen LogP contribution is 2.21. The van der Waals surface area contributed by atoms with Gasteiger partial charge in [-0.2, -0.15) is 0 Å². The Hall–Kier alpha value is -3.84. The van der Waals surface area contributed by atoms with Gasteiger partial charge < -0.3 is 0 Å². The second kappa shape index (κ2) is 8.67. The van der Waals surface area contributed by atoms with Gasteiger partial charge in [-0.3, -0.25) is 0 Å². The molecule has 30 heavy (non-hydrogen) atoms. The van der Waals surface area contributed by atoms with E-state index in [0.717, 1.165) is 41.2 Å². The van der Waals surface area contributed by atoms with E-state index in [4.69, 9.17) is 0 Å². The molecule has 1 heterocycles. The predicted octanol–water partition coefficient (Wildman–Crippen LogP) is 6.09.